The first kappa shape index (κ1) is 11.8. The first-order chi connectivity index (χ1) is 7.26. The van der Waals surface area contributed by atoms with E-state index >= 15 is 0 Å². The van der Waals surface area contributed by atoms with Crippen molar-refractivity contribution in [2.75, 3.05) is 18.9 Å². The third-order valence-electron chi connectivity index (χ3n) is 1.87. The molecule has 0 aromatic heterocycles. The topological polar surface area (TPSA) is 50.4 Å². The third kappa shape index (κ3) is 4.16. The van der Waals surface area contributed by atoms with Gasteiger partial charge in [-0.2, -0.15) is 0 Å². The van der Waals surface area contributed by atoms with Crippen LogP contribution in [0.5, 0.6) is 0 Å². The van der Waals surface area contributed by atoms with Crippen LogP contribution in [-0.2, 0) is 0 Å². The lowest BCUT2D eigenvalue weighted by Crippen LogP contribution is -2.12. The SMILES string of the molecule is CN=C(C=CN)CNc1cccc(Br)c1. The molecule has 0 unspecified atom stereocenters. The van der Waals surface area contributed by atoms with Crippen molar-refractivity contribution in [1.29, 1.82) is 0 Å². The number of aliphatic imine (C=N–C) groups is 1. The monoisotopic (exact) mass is 267 g/mol. The zero-order valence-corrected chi connectivity index (χ0v) is 10.2. The molecular weight excluding hydrogens is 254 g/mol. The van der Waals surface area contributed by atoms with Crippen molar-refractivity contribution in [3.8, 4) is 0 Å². The zero-order valence-electron chi connectivity index (χ0n) is 8.57. The number of hydrogen-bond acceptors (Lipinski definition) is 3. The number of nitrogens with two attached hydrogens (primary N) is 1. The van der Waals surface area contributed by atoms with Crippen LogP contribution in [0.2, 0.25) is 0 Å². The Morgan fingerprint density at radius 3 is 3.00 bits per heavy atom. The number of halogens is 1. The molecule has 4 heteroatoms. The van der Waals surface area contributed by atoms with Crippen LogP contribution in [0.15, 0.2) is 46.0 Å². The van der Waals surface area contributed by atoms with Crippen LogP contribution in [0.25, 0.3) is 0 Å². The van der Waals surface area contributed by atoms with Crippen molar-refractivity contribution in [2.45, 2.75) is 0 Å². The summed E-state index contributed by atoms with van der Waals surface area (Å²) in [7, 11) is 1.75. The van der Waals surface area contributed by atoms with E-state index in [1.165, 1.54) is 6.20 Å². The normalized spacial score (nSPS) is 12.0. The molecule has 3 N–H and O–H groups in total. The Kier molecular flexibility index (Phi) is 4.90. The Bertz CT molecular complexity index is 372. The summed E-state index contributed by atoms with van der Waals surface area (Å²) < 4.78 is 1.05. The molecule has 1 rings (SSSR count). The fraction of sp³-hybridized carbons (Fsp3) is 0.182. The largest absolute Gasteiger partial charge is 0.405 e. The number of rotatable bonds is 4. The second kappa shape index (κ2) is 6.24. The Morgan fingerprint density at radius 1 is 1.60 bits per heavy atom. The van der Waals surface area contributed by atoms with Crippen LogP contribution in [-0.4, -0.2) is 19.3 Å². The summed E-state index contributed by atoms with van der Waals surface area (Å²) in [5, 5.41) is 3.25. The van der Waals surface area contributed by atoms with Gasteiger partial charge in [0.1, 0.15) is 0 Å². The van der Waals surface area contributed by atoms with Gasteiger partial charge in [0, 0.05) is 17.2 Å². The van der Waals surface area contributed by atoms with Gasteiger partial charge in [0.25, 0.3) is 0 Å². The van der Waals surface area contributed by atoms with Crippen LogP contribution < -0.4 is 11.1 Å². The summed E-state index contributed by atoms with van der Waals surface area (Å²) in [5.41, 5.74) is 7.27. The first-order valence-electron chi connectivity index (χ1n) is 4.59. The highest BCUT2D eigenvalue weighted by Crippen LogP contribution is 2.15. The molecule has 0 radical (unpaired) electrons. The maximum atomic E-state index is 5.30. The molecule has 1 aromatic carbocycles. The Hall–Kier alpha value is -1.29. The molecule has 1 aromatic rings. The van der Waals surface area contributed by atoms with E-state index in [4.69, 9.17) is 5.73 Å². The van der Waals surface area contributed by atoms with Crippen molar-refractivity contribution in [2.24, 2.45) is 10.7 Å². The summed E-state index contributed by atoms with van der Waals surface area (Å²) in [4.78, 5) is 4.09. The van der Waals surface area contributed by atoms with Crippen LogP contribution in [0.4, 0.5) is 5.69 Å². The number of nitrogens with one attached hydrogen (secondary N) is 1. The molecule has 0 aliphatic rings. The lowest BCUT2D eigenvalue weighted by molar-refractivity contribution is 1.33. The Morgan fingerprint density at radius 2 is 2.40 bits per heavy atom. The molecule has 3 nitrogen and oxygen atoms in total. The van der Waals surface area contributed by atoms with Gasteiger partial charge in [0.2, 0.25) is 0 Å². The molecule has 0 spiro atoms. The van der Waals surface area contributed by atoms with Crippen molar-refractivity contribution >= 4 is 27.3 Å². The van der Waals surface area contributed by atoms with E-state index < -0.39 is 0 Å². The van der Waals surface area contributed by atoms with E-state index in [1.807, 2.05) is 24.3 Å². The second-order valence-corrected chi connectivity index (χ2v) is 3.85. The van der Waals surface area contributed by atoms with E-state index in [-0.39, 0.29) is 0 Å². The van der Waals surface area contributed by atoms with E-state index in [2.05, 4.69) is 26.2 Å². The summed E-state index contributed by atoms with van der Waals surface area (Å²) in [6.45, 7) is 0.667. The molecule has 0 aliphatic heterocycles. The summed E-state index contributed by atoms with van der Waals surface area (Å²) >= 11 is 3.41. The van der Waals surface area contributed by atoms with Gasteiger partial charge in [-0.15, -0.1) is 0 Å². The third-order valence-corrected chi connectivity index (χ3v) is 2.37. The van der Waals surface area contributed by atoms with E-state index in [0.29, 0.717) is 6.54 Å². The molecule has 0 aliphatic carbocycles. The molecule has 15 heavy (non-hydrogen) atoms. The Balaban J connectivity index is 2.57. The molecule has 0 amide bonds. The van der Waals surface area contributed by atoms with E-state index in [1.54, 1.807) is 13.1 Å². The minimum Gasteiger partial charge on any atom is -0.405 e. The van der Waals surface area contributed by atoms with Gasteiger partial charge < -0.3 is 11.1 Å². The highest BCUT2D eigenvalue weighted by molar-refractivity contribution is 9.10. The van der Waals surface area contributed by atoms with Gasteiger partial charge in [-0.1, -0.05) is 22.0 Å². The number of hydrogen-bond donors (Lipinski definition) is 2. The van der Waals surface area contributed by atoms with Crippen LogP contribution in [0.1, 0.15) is 0 Å². The maximum absolute atomic E-state index is 5.30. The molecular formula is C11H14BrN3. The number of anilines is 1. The molecule has 0 bridgehead atoms. The number of nitrogens with zero attached hydrogens (tertiary/aromatic N) is 1. The minimum absolute atomic E-state index is 0.667. The average molecular weight is 268 g/mol. The van der Waals surface area contributed by atoms with Gasteiger partial charge in [0.05, 0.1) is 12.3 Å². The molecule has 0 fully saturated rings. The van der Waals surface area contributed by atoms with Crippen molar-refractivity contribution in [3.63, 3.8) is 0 Å². The second-order valence-electron chi connectivity index (χ2n) is 2.94. The predicted molar refractivity (Wildman–Crippen MR) is 69.3 cm³/mol. The highest BCUT2D eigenvalue weighted by Gasteiger charge is 1.95. The summed E-state index contributed by atoms with van der Waals surface area (Å²) in [6.07, 6.45) is 3.27. The minimum atomic E-state index is 0.667. The van der Waals surface area contributed by atoms with Crippen LogP contribution in [0, 0.1) is 0 Å². The number of benzene rings is 1. The molecule has 0 saturated heterocycles. The van der Waals surface area contributed by atoms with Crippen molar-refractivity contribution < 1.29 is 0 Å². The lowest BCUT2D eigenvalue weighted by Gasteiger charge is -2.06. The van der Waals surface area contributed by atoms with Gasteiger partial charge in [-0.25, -0.2) is 0 Å². The predicted octanol–water partition coefficient (Wildman–Crippen LogP) is 2.40. The lowest BCUT2D eigenvalue weighted by atomic mass is 10.3. The summed E-state index contributed by atoms with van der Waals surface area (Å²) in [6, 6.07) is 7.98. The first-order valence-corrected chi connectivity index (χ1v) is 5.39. The molecule has 0 saturated carbocycles. The zero-order chi connectivity index (χ0) is 11.1. The van der Waals surface area contributed by atoms with Crippen molar-refractivity contribution in [3.05, 3.63) is 41.0 Å². The maximum Gasteiger partial charge on any atom is 0.0569 e. The van der Waals surface area contributed by atoms with E-state index in [9.17, 15) is 0 Å². The fourth-order valence-electron chi connectivity index (χ4n) is 1.11. The van der Waals surface area contributed by atoms with Crippen LogP contribution in [0.3, 0.4) is 0 Å². The molecule has 0 atom stereocenters. The van der Waals surface area contributed by atoms with Crippen molar-refractivity contribution in [1.82, 2.24) is 0 Å². The quantitative estimate of drug-likeness (QED) is 0.824. The Labute approximate surface area is 98.2 Å². The standard InChI is InChI=1S/C11H14BrN3/c1-14-11(5-6-13)8-15-10-4-2-3-9(12)7-10/h2-7,15H,8,13H2,1H3. The van der Waals surface area contributed by atoms with Crippen LogP contribution >= 0.6 is 15.9 Å². The van der Waals surface area contributed by atoms with E-state index in [0.717, 1.165) is 15.9 Å². The highest BCUT2D eigenvalue weighted by atomic mass is 79.9. The van der Waals surface area contributed by atoms with Gasteiger partial charge in [0.15, 0.2) is 0 Å². The fourth-order valence-corrected chi connectivity index (χ4v) is 1.51. The molecule has 0 heterocycles. The van der Waals surface area contributed by atoms with Gasteiger partial charge in [-0.3, -0.25) is 4.99 Å². The smallest absolute Gasteiger partial charge is 0.0569 e. The molecule has 80 valence electrons. The summed E-state index contributed by atoms with van der Waals surface area (Å²) in [5.74, 6) is 0. The van der Waals surface area contributed by atoms with Gasteiger partial charge >= 0.3 is 0 Å². The van der Waals surface area contributed by atoms with Gasteiger partial charge in [-0.05, 0) is 30.5 Å². The average Bonchev–Trinajstić information content (AvgIpc) is 2.24.